The Balaban J connectivity index is 0.000000162. The second-order valence-electron chi connectivity index (χ2n) is 25.8. The lowest BCUT2D eigenvalue weighted by Gasteiger charge is -2.15. The van der Waals surface area contributed by atoms with Gasteiger partial charge in [0.2, 0.25) is 0 Å². The standard InChI is InChI=1S/C53H35N7.C43H29N5/c1-3-15-36(16-4-1)51-58-52(37-17-5-2-6-18-37)60-53(59-51)46-32-38(40-28-42(47-19-7-11-23-54-47)34-43(29-40)48-20-8-12-24-55-48)27-39(33-46)41-30-44(49-21-9-13-25-56-49)35-45(31-41)50-22-10-14-26-57-50;1-4-12-30(13-5-1)35-22-37(33-18-10-20-44-28-33)26-39(24-35)42-46-41(32-16-8-3-9-17-32)47-43(48-42)40-25-36(31-14-6-2-7-15-31)23-38(27-40)34-19-11-21-45-29-34/h1-35H;1-29H. The molecule has 508 valence electrons. The van der Waals surface area contributed by atoms with Crippen molar-refractivity contribution < 1.29 is 0 Å². The SMILES string of the molecule is c1ccc(-c2cc(-c3cccnc3)cc(-c3nc(-c4ccccc4)nc(-c4cc(-c5ccccc5)cc(-c5cccnc5)c4)n3)c2)cc1.c1ccc(-c2nc(-c3ccccc3)nc(-c3cc(-c4cc(-c5ccccn5)cc(-c5ccccn5)c4)cc(-c4cc(-c5ccccn5)cc(-c5ccccn5)c4)c3)n2)cc1. The molecule has 0 unspecified atom stereocenters. The van der Waals surface area contributed by atoms with Crippen LogP contribution in [0.25, 0.3) is 180 Å². The molecule has 0 spiro atoms. The molecular weight excluding hydrogens is 1320 g/mol. The van der Waals surface area contributed by atoms with E-state index in [2.05, 4.69) is 162 Å². The van der Waals surface area contributed by atoms with Gasteiger partial charge in [-0.1, -0.05) is 188 Å². The maximum Gasteiger partial charge on any atom is 0.164 e. The first-order chi connectivity index (χ1) is 53.5. The Labute approximate surface area is 625 Å². The molecule has 0 N–H and O–H groups in total. The van der Waals surface area contributed by atoms with Gasteiger partial charge in [-0.2, -0.15) is 0 Å². The zero-order valence-corrected chi connectivity index (χ0v) is 58.3. The third-order valence-electron chi connectivity index (χ3n) is 18.5. The molecule has 0 fully saturated rings. The molecule has 10 aromatic carbocycles. The van der Waals surface area contributed by atoms with Gasteiger partial charge in [-0.15, -0.1) is 0 Å². The first-order valence-corrected chi connectivity index (χ1v) is 35.5. The molecule has 0 atom stereocenters. The van der Waals surface area contributed by atoms with Crippen LogP contribution in [-0.4, -0.2) is 59.8 Å². The molecule has 8 heterocycles. The van der Waals surface area contributed by atoms with Gasteiger partial charge in [-0.05, 0) is 207 Å². The van der Waals surface area contributed by atoms with Crippen LogP contribution in [0.15, 0.2) is 389 Å². The fourth-order valence-corrected chi connectivity index (χ4v) is 13.2. The zero-order valence-electron chi connectivity index (χ0n) is 58.3. The highest BCUT2D eigenvalue weighted by molar-refractivity contribution is 5.89. The number of rotatable bonds is 16. The molecule has 0 aliphatic heterocycles. The Morgan fingerprint density at radius 2 is 0.324 bits per heavy atom. The van der Waals surface area contributed by atoms with Gasteiger partial charge < -0.3 is 0 Å². The van der Waals surface area contributed by atoms with Gasteiger partial charge in [0.25, 0.3) is 0 Å². The van der Waals surface area contributed by atoms with E-state index < -0.39 is 0 Å². The molecule has 0 saturated heterocycles. The van der Waals surface area contributed by atoms with E-state index in [4.69, 9.17) is 49.8 Å². The van der Waals surface area contributed by atoms with E-state index in [1.807, 2.05) is 225 Å². The molecule has 12 heteroatoms. The number of hydrogen-bond donors (Lipinski definition) is 0. The molecule has 0 amide bonds. The summed E-state index contributed by atoms with van der Waals surface area (Å²) in [5.41, 5.74) is 25.1. The monoisotopic (exact) mass is 1380 g/mol. The Kier molecular flexibility index (Phi) is 19.0. The first-order valence-electron chi connectivity index (χ1n) is 35.5. The quantitative estimate of drug-likeness (QED) is 0.0904. The van der Waals surface area contributed by atoms with Crippen molar-refractivity contribution in [3.8, 4) is 180 Å². The molecular formula is C96H64N12. The van der Waals surface area contributed by atoms with E-state index in [9.17, 15) is 0 Å². The lowest BCUT2D eigenvalue weighted by atomic mass is 9.91. The van der Waals surface area contributed by atoms with Crippen molar-refractivity contribution >= 4 is 0 Å². The zero-order chi connectivity index (χ0) is 72.2. The van der Waals surface area contributed by atoms with Crippen molar-refractivity contribution in [2.24, 2.45) is 0 Å². The predicted molar refractivity (Wildman–Crippen MR) is 433 cm³/mol. The fraction of sp³-hybridized carbons (Fsp3) is 0. The Bertz CT molecular complexity index is 5340. The Morgan fingerprint density at radius 3 is 0.565 bits per heavy atom. The van der Waals surface area contributed by atoms with Crippen LogP contribution in [0, 0.1) is 0 Å². The summed E-state index contributed by atoms with van der Waals surface area (Å²) < 4.78 is 0. The average Bonchev–Trinajstić information content (AvgIpc) is 0.776. The van der Waals surface area contributed by atoms with Crippen LogP contribution in [0.1, 0.15) is 0 Å². The van der Waals surface area contributed by atoms with Gasteiger partial charge in [0.15, 0.2) is 34.9 Å². The first kappa shape index (κ1) is 66.4. The van der Waals surface area contributed by atoms with Gasteiger partial charge in [0.05, 0.1) is 22.8 Å². The molecule has 0 radical (unpaired) electrons. The second kappa shape index (κ2) is 31.0. The molecule has 18 aromatic rings. The minimum atomic E-state index is 0.558. The van der Waals surface area contributed by atoms with E-state index >= 15 is 0 Å². The highest BCUT2D eigenvalue weighted by Crippen LogP contribution is 2.41. The minimum Gasteiger partial charge on any atom is -0.264 e. The lowest BCUT2D eigenvalue weighted by Crippen LogP contribution is -2.01. The Morgan fingerprint density at radius 1 is 0.130 bits per heavy atom. The van der Waals surface area contributed by atoms with Crippen molar-refractivity contribution in [2.45, 2.75) is 0 Å². The smallest absolute Gasteiger partial charge is 0.164 e. The summed E-state index contributed by atoms with van der Waals surface area (Å²) in [6, 6.07) is 116. The van der Waals surface area contributed by atoms with Gasteiger partial charge in [-0.25, -0.2) is 29.9 Å². The highest BCUT2D eigenvalue weighted by atomic mass is 15.0. The molecule has 12 nitrogen and oxygen atoms in total. The van der Waals surface area contributed by atoms with Crippen LogP contribution in [0.4, 0.5) is 0 Å². The van der Waals surface area contributed by atoms with E-state index in [0.29, 0.717) is 34.9 Å². The van der Waals surface area contributed by atoms with E-state index in [1.165, 1.54) is 0 Å². The normalized spacial score (nSPS) is 11.0. The van der Waals surface area contributed by atoms with Crippen molar-refractivity contribution in [2.75, 3.05) is 0 Å². The van der Waals surface area contributed by atoms with Gasteiger partial charge >= 0.3 is 0 Å². The third kappa shape index (κ3) is 15.1. The van der Waals surface area contributed by atoms with Crippen molar-refractivity contribution in [3.63, 3.8) is 0 Å². The van der Waals surface area contributed by atoms with Crippen LogP contribution < -0.4 is 0 Å². The summed E-state index contributed by atoms with van der Waals surface area (Å²) in [6.07, 6.45) is 14.6. The van der Waals surface area contributed by atoms with Crippen LogP contribution >= 0.6 is 0 Å². The number of hydrogen-bond acceptors (Lipinski definition) is 12. The molecule has 0 saturated carbocycles. The van der Waals surface area contributed by atoms with E-state index in [1.54, 1.807) is 12.4 Å². The highest BCUT2D eigenvalue weighted by Gasteiger charge is 2.21. The van der Waals surface area contributed by atoms with Gasteiger partial charge in [0, 0.05) is 116 Å². The molecule has 108 heavy (non-hydrogen) atoms. The summed E-state index contributed by atoms with van der Waals surface area (Å²) in [6.45, 7) is 0. The van der Waals surface area contributed by atoms with Crippen LogP contribution in [0.5, 0.6) is 0 Å². The molecule has 0 aliphatic carbocycles. The minimum absolute atomic E-state index is 0.558. The van der Waals surface area contributed by atoms with Crippen LogP contribution in [-0.2, 0) is 0 Å². The second-order valence-corrected chi connectivity index (χ2v) is 25.8. The summed E-state index contributed by atoms with van der Waals surface area (Å²) >= 11 is 0. The number of aromatic nitrogens is 12. The molecule has 8 aromatic heterocycles. The summed E-state index contributed by atoms with van der Waals surface area (Å²) in [5.74, 6) is 3.54. The fourth-order valence-electron chi connectivity index (χ4n) is 13.2. The van der Waals surface area contributed by atoms with E-state index in [0.717, 1.165) is 145 Å². The number of pyridine rings is 6. The van der Waals surface area contributed by atoms with Crippen molar-refractivity contribution in [3.05, 3.63) is 389 Å². The largest absolute Gasteiger partial charge is 0.264 e. The topological polar surface area (TPSA) is 155 Å². The van der Waals surface area contributed by atoms with Gasteiger partial charge in [0.1, 0.15) is 0 Å². The summed E-state index contributed by atoms with van der Waals surface area (Å²) in [7, 11) is 0. The maximum atomic E-state index is 5.19. The van der Waals surface area contributed by atoms with Crippen molar-refractivity contribution in [1.29, 1.82) is 0 Å². The maximum absolute atomic E-state index is 5.19. The van der Waals surface area contributed by atoms with Crippen molar-refractivity contribution in [1.82, 2.24) is 59.8 Å². The number of benzene rings is 10. The van der Waals surface area contributed by atoms with Crippen LogP contribution in [0.3, 0.4) is 0 Å². The van der Waals surface area contributed by atoms with Crippen LogP contribution in [0.2, 0.25) is 0 Å². The van der Waals surface area contributed by atoms with E-state index in [-0.39, 0.29) is 0 Å². The summed E-state index contributed by atoms with van der Waals surface area (Å²) in [5, 5.41) is 0. The summed E-state index contributed by atoms with van der Waals surface area (Å²) in [4.78, 5) is 58.4. The number of nitrogens with zero attached hydrogens (tertiary/aromatic N) is 12. The third-order valence-corrected chi connectivity index (χ3v) is 18.5. The lowest BCUT2D eigenvalue weighted by molar-refractivity contribution is 1.07. The molecule has 0 aliphatic rings. The predicted octanol–water partition coefficient (Wildman–Crippen LogP) is 22.8. The molecule has 0 bridgehead atoms. The average molecular weight is 1390 g/mol. The Hall–Kier alpha value is -14.9. The molecule has 18 rings (SSSR count). The van der Waals surface area contributed by atoms with Gasteiger partial charge in [-0.3, -0.25) is 29.9 Å².